The van der Waals surface area contributed by atoms with Crippen LogP contribution in [-0.4, -0.2) is 35.4 Å². The Morgan fingerprint density at radius 3 is 2.79 bits per heavy atom. The number of carbonyl (C=O) groups excluding carboxylic acids is 1. The first kappa shape index (κ1) is 14.6. The zero-order chi connectivity index (χ0) is 16.1. The van der Waals surface area contributed by atoms with Gasteiger partial charge in [0.15, 0.2) is 0 Å². The summed E-state index contributed by atoms with van der Waals surface area (Å²) < 4.78 is 0. The third kappa shape index (κ3) is 2.57. The number of hydrogen-bond acceptors (Lipinski definition) is 3. The van der Waals surface area contributed by atoms with E-state index in [1.165, 1.54) is 19.4 Å². The SMILES string of the molecule is O=C(NCc1cccnc1)C1[C@H]2CN(CC3C[C@@H]4C=C[C@H]3C4)C[C@@H]12. The second kappa shape index (κ2) is 5.69. The van der Waals surface area contributed by atoms with E-state index in [2.05, 4.69) is 27.4 Å². The van der Waals surface area contributed by atoms with Gasteiger partial charge in [-0.2, -0.15) is 0 Å². The van der Waals surface area contributed by atoms with Crippen LogP contribution in [0.3, 0.4) is 0 Å². The van der Waals surface area contributed by atoms with Gasteiger partial charge in [-0.3, -0.25) is 9.78 Å². The highest BCUT2D eigenvalue weighted by Crippen LogP contribution is 2.53. The van der Waals surface area contributed by atoms with Gasteiger partial charge in [0.25, 0.3) is 0 Å². The van der Waals surface area contributed by atoms with Gasteiger partial charge in [0.2, 0.25) is 5.91 Å². The van der Waals surface area contributed by atoms with Crippen LogP contribution in [-0.2, 0) is 11.3 Å². The molecule has 1 aromatic rings. The van der Waals surface area contributed by atoms with Crippen LogP contribution in [0.4, 0.5) is 0 Å². The lowest BCUT2D eigenvalue weighted by Crippen LogP contribution is -2.34. The summed E-state index contributed by atoms with van der Waals surface area (Å²) in [6.07, 6.45) is 11.2. The van der Waals surface area contributed by atoms with Gasteiger partial charge in [-0.25, -0.2) is 0 Å². The quantitative estimate of drug-likeness (QED) is 0.844. The van der Waals surface area contributed by atoms with Crippen molar-refractivity contribution >= 4 is 5.91 Å². The molecule has 2 unspecified atom stereocenters. The van der Waals surface area contributed by atoms with Gasteiger partial charge >= 0.3 is 0 Å². The van der Waals surface area contributed by atoms with E-state index in [0.717, 1.165) is 36.4 Å². The maximum Gasteiger partial charge on any atom is 0.224 e. The molecule has 24 heavy (non-hydrogen) atoms. The molecule has 4 heteroatoms. The first-order valence-corrected chi connectivity index (χ1v) is 9.35. The van der Waals surface area contributed by atoms with E-state index < -0.39 is 0 Å². The molecule has 1 aromatic heterocycles. The van der Waals surface area contributed by atoms with Gasteiger partial charge in [-0.15, -0.1) is 0 Å². The Bertz CT molecular complexity index is 646. The van der Waals surface area contributed by atoms with Crippen molar-refractivity contribution in [1.29, 1.82) is 0 Å². The number of rotatable bonds is 5. The summed E-state index contributed by atoms with van der Waals surface area (Å²) in [5, 5.41) is 3.09. The molecule has 2 bridgehead atoms. The number of nitrogens with one attached hydrogen (secondary N) is 1. The van der Waals surface area contributed by atoms with E-state index in [1.54, 1.807) is 6.20 Å². The third-order valence-electron chi connectivity index (χ3n) is 6.67. The molecule has 2 saturated carbocycles. The normalized spacial score (nSPS) is 39.2. The zero-order valence-electron chi connectivity index (χ0n) is 14.0. The number of amides is 1. The fourth-order valence-electron chi connectivity index (χ4n) is 5.40. The van der Waals surface area contributed by atoms with Crippen molar-refractivity contribution in [2.24, 2.45) is 35.5 Å². The molecule has 5 rings (SSSR count). The van der Waals surface area contributed by atoms with Crippen molar-refractivity contribution in [2.75, 3.05) is 19.6 Å². The molecule has 2 heterocycles. The van der Waals surface area contributed by atoms with Gasteiger partial charge in [-0.05, 0) is 54.1 Å². The molecular weight excluding hydrogens is 298 g/mol. The van der Waals surface area contributed by atoms with Gasteiger partial charge in [0, 0.05) is 44.5 Å². The Hall–Kier alpha value is -1.68. The highest BCUT2D eigenvalue weighted by Gasteiger charge is 2.59. The molecule has 6 atom stereocenters. The molecule has 126 valence electrons. The average molecular weight is 323 g/mol. The van der Waals surface area contributed by atoms with Gasteiger partial charge in [0.05, 0.1) is 0 Å². The second-order valence-electron chi connectivity index (χ2n) is 8.19. The van der Waals surface area contributed by atoms with E-state index in [1.807, 2.05) is 18.3 Å². The van der Waals surface area contributed by atoms with E-state index in [4.69, 9.17) is 0 Å². The van der Waals surface area contributed by atoms with Crippen LogP contribution >= 0.6 is 0 Å². The van der Waals surface area contributed by atoms with E-state index >= 15 is 0 Å². The lowest BCUT2D eigenvalue weighted by Gasteiger charge is -2.26. The predicted octanol–water partition coefficient (Wildman–Crippen LogP) is 2.09. The lowest BCUT2D eigenvalue weighted by molar-refractivity contribution is -0.123. The molecule has 0 spiro atoms. The summed E-state index contributed by atoms with van der Waals surface area (Å²) in [7, 11) is 0. The molecule has 0 aromatic carbocycles. The highest BCUT2D eigenvalue weighted by molar-refractivity contribution is 5.82. The smallest absolute Gasteiger partial charge is 0.224 e. The minimum Gasteiger partial charge on any atom is -0.352 e. The summed E-state index contributed by atoms with van der Waals surface area (Å²) in [5.41, 5.74) is 1.07. The van der Waals surface area contributed by atoms with Crippen LogP contribution in [0.25, 0.3) is 0 Å². The number of likely N-dealkylation sites (tertiary alicyclic amines) is 1. The average Bonchev–Trinajstić information content (AvgIpc) is 3.01. The van der Waals surface area contributed by atoms with Gasteiger partial charge in [0.1, 0.15) is 0 Å². The number of carbonyl (C=O) groups is 1. The third-order valence-corrected chi connectivity index (χ3v) is 6.67. The summed E-state index contributed by atoms with van der Waals surface area (Å²) in [6.45, 7) is 4.12. The minimum absolute atomic E-state index is 0.247. The molecule has 1 amide bonds. The fraction of sp³-hybridized carbons (Fsp3) is 0.600. The fourth-order valence-corrected chi connectivity index (χ4v) is 5.40. The Morgan fingerprint density at radius 2 is 2.12 bits per heavy atom. The number of pyridine rings is 1. The van der Waals surface area contributed by atoms with Crippen molar-refractivity contribution in [1.82, 2.24) is 15.2 Å². The van der Waals surface area contributed by atoms with E-state index in [-0.39, 0.29) is 11.8 Å². The van der Waals surface area contributed by atoms with Crippen molar-refractivity contribution < 1.29 is 4.79 Å². The van der Waals surface area contributed by atoms with Crippen molar-refractivity contribution in [3.63, 3.8) is 0 Å². The lowest BCUT2D eigenvalue weighted by atomic mass is 9.93. The monoisotopic (exact) mass is 323 g/mol. The molecule has 1 N–H and O–H groups in total. The van der Waals surface area contributed by atoms with Crippen molar-refractivity contribution in [2.45, 2.75) is 19.4 Å². The number of hydrogen-bond donors (Lipinski definition) is 1. The first-order chi connectivity index (χ1) is 11.8. The Balaban J connectivity index is 1.09. The molecule has 0 radical (unpaired) electrons. The topological polar surface area (TPSA) is 45.2 Å². The molecular formula is C20H25N3O. The van der Waals surface area contributed by atoms with Crippen LogP contribution in [0.15, 0.2) is 36.7 Å². The summed E-state index contributed by atoms with van der Waals surface area (Å²) in [4.78, 5) is 19.1. The molecule has 4 nitrogen and oxygen atoms in total. The maximum atomic E-state index is 12.4. The maximum absolute atomic E-state index is 12.4. The molecule has 1 saturated heterocycles. The zero-order valence-corrected chi connectivity index (χ0v) is 14.0. The van der Waals surface area contributed by atoms with E-state index in [9.17, 15) is 4.79 Å². The van der Waals surface area contributed by atoms with Crippen LogP contribution in [0, 0.1) is 35.5 Å². The van der Waals surface area contributed by atoms with Gasteiger partial charge < -0.3 is 10.2 Å². The van der Waals surface area contributed by atoms with Crippen LogP contribution in [0.1, 0.15) is 18.4 Å². The number of allylic oxidation sites excluding steroid dienone is 2. The number of aromatic nitrogens is 1. The molecule has 4 aliphatic rings. The number of piperidine rings is 1. The van der Waals surface area contributed by atoms with E-state index in [0.29, 0.717) is 18.4 Å². The largest absolute Gasteiger partial charge is 0.352 e. The van der Waals surface area contributed by atoms with Crippen LogP contribution in [0.2, 0.25) is 0 Å². The van der Waals surface area contributed by atoms with Crippen LogP contribution < -0.4 is 5.32 Å². The highest BCUT2D eigenvalue weighted by atomic mass is 16.2. The van der Waals surface area contributed by atoms with Crippen molar-refractivity contribution in [3.8, 4) is 0 Å². The van der Waals surface area contributed by atoms with Gasteiger partial charge in [-0.1, -0.05) is 18.2 Å². The molecule has 1 aliphatic heterocycles. The van der Waals surface area contributed by atoms with Crippen molar-refractivity contribution in [3.05, 3.63) is 42.2 Å². The van der Waals surface area contributed by atoms with Crippen LogP contribution in [0.5, 0.6) is 0 Å². The standard InChI is InChI=1S/C20H25N3O/c24-20(22-9-14-2-1-5-21-8-14)19-17-11-23(12-18(17)19)10-16-7-13-3-4-15(16)6-13/h1-5,8,13,15-19H,6-7,9-12H2,(H,22,24)/t13-,15+,16?,17-,18+,19?/m1/s1. The predicted molar refractivity (Wildman–Crippen MR) is 91.8 cm³/mol. The first-order valence-electron chi connectivity index (χ1n) is 9.35. The number of fused-ring (bicyclic) bond motifs is 3. The molecule has 3 fully saturated rings. The Labute approximate surface area is 143 Å². The minimum atomic E-state index is 0.247. The Kier molecular flexibility index (Phi) is 3.47. The summed E-state index contributed by atoms with van der Waals surface area (Å²) >= 11 is 0. The summed E-state index contributed by atoms with van der Waals surface area (Å²) in [5.74, 6) is 4.29. The number of nitrogens with zero attached hydrogens (tertiary/aromatic N) is 2. The second-order valence-corrected chi connectivity index (χ2v) is 8.19. The Morgan fingerprint density at radius 1 is 1.25 bits per heavy atom. The summed E-state index contributed by atoms with van der Waals surface area (Å²) in [6, 6.07) is 3.92. The molecule has 3 aliphatic carbocycles.